The number of hydrogen-bond donors (Lipinski definition) is 3. The van der Waals surface area contributed by atoms with Gasteiger partial charge in [0.05, 0.1) is 0 Å². The van der Waals surface area contributed by atoms with Crippen molar-refractivity contribution in [2.75, 3.05) is 11.6 Å². The number of phenols is 1. The van der Waals surface area contributed by atoms with Gasteiger partial charge in [-0.25, -0.2) is 13.4 Å². The molecule has 1 atom stereocenters. The third-order valence-corrected chi connectivity index (χ3v) is 4.20. The highest BCUT2D eigenvalue weighted by molar-refractivity contribution is 7.90. The van der Waals surface area contributed by atoms with E-state index in [0.29, 0.717) is 5.56 Å². The number of nitrogens with one attached hydrogen (secondary N) is 1. The summed E-state index contributed by atoms with van der Waals surface area (Å²) in [5.74, 6) is 0.0364. The van der Waals surface area contributed by atoms with Crippen LogP contribution in [0, 0.1) is 0 Å². The molecular weight excluding hydrogens is 288 g/mol. The van der Waals surface area contributed by atoms with Gasteiger partial charge in [0.15, 0.2) is 26.2 Å². The topological polar surface area (TPSA) is 99.5 Å². The van der Waals surface area contributed by atoms with Crippen molar-refractivity contribution in [1.29, 1.82) is 0 Å². The summed E-state index contributed by atoms with van der Waals surface area (Å²) in [5.41, 5.74) is 0.455. The molecule has 0 aliphatic carbocycles. The Morgan fingerprint density at radius 1 is 1.42 bits per heavy atom. The second kappa shape index (κ2) is 5.16. The number of aromatic hydroxyl groups is 1. The highest BCUT2D eigenvalue weighted by atomic mass is 32.2. The predicted octanol–water partition coefficient (Wildman–Crippen LogP) is 1.36. The van der Waals surface area contributed by atoms with Gasteiger partial charge < -0.3 is 15.5 Å². The highest BCUT2D eigenvalue weighted by Gasteiger charge is 2.14. The van der Waals surface area contributed by atoms with Crippen LogP contribution < -0.4 is 5.32 Å². The zero-order valence-electron chi connectivity index (χ0n) is 9.94. The van der Waals surface area contributed by atoms with Gasteiger partial charge in [-0.3, -0.25) is 0 Å². The maximum absolute atomic E-state index is 11.3. The zero-order chi connectivity index (χ0) is 14.0. The quantitative estimate of drug-likeness (QED) is 0.737. The molecule has 19 heavy (non-hydrogen) atoms. The van der Waals surface area contributed by atoms with Crippen molar-refractivity contribution in [2.45, 2.75) is 11.3 Å². The van der Waals surface area contributed by atoms with Crippen molar-refractivity contribution in [3.05, 3.63) is 35.2 Å². The van der Waals surface area contributed by atoms with Crippen LogP contribution in [0.25, 0.3) is 0 Å². The normalized spacial score (nSPS) is 13.2. The van der Waals surface area contributed by atoms with Crippen molar-refractivity contribution in [2.24, 2.45) is 0 Å². The summed E-state index contributed by atoms with van der Waals surface area (Å²) in [6.45, 7) is 0. The smallest absolute Gasteiger partial charge is 0.193 e. The number of sulfone groups is 1. The summed E-state index contributed by atoms with van der Waals surface area (Å²) in [6, 6.07) is 6.12. The van der Waals surface area contributed by atoms with Crippen LogP contribution in [0.15, 0.2) is 34.7 Å². The number of aromatic nitrogens is 1. The number of hydrogen-bond acceptors (Lipinski definition) is 7. The lowest BCUT2D eigenvalue weighted by molar-refractivity contribution is 0.207. The van der Waals surface area contributed by atoms with E-state index in [2.05, 4.69) is 10.3 Å². The second-order valence-corrected chi connectivity index (χ2v) is 6.73. The first-order valence-electron chi connectivity index (χ1n) is 5.25. The Hall–Kier alpha value is -1.64. The van der Waals surface area contributed by atoms with Crippen LogP contribution in [0.4, 0.5) is 5.13 Å². The first-order valence-corrected chi connectivity index (χ1v) is 8.02. The van der Waals surface area contributed by atoms with Crippen molar-refractivity contribution in [3.8, 4) is 5.75 Å². The van der Waals surface area contributed by atoms with E-state index in [0.717, 1.165) is 17.6 Å². The van der Waals surface area contributed by atoms with Crippen LogP contribution in [0.2, 0.25) is 0 Å². The summed E-state index contributed by atoms with van der Waals surface area (Å²) < 4.78 is 22.5. The van der Waals surface area contributed by atoms with Crippen LogP contribution in [0.1, 0.15) is 11.8 Å². The molecule has 0 spiro atoms. The fourth-order valence-electron chi connectivity index (χ4n) is 1.39. The van der Waals surface area contributed by atoms with E-state index in [4.69, 9.17) is 0 Å². The van der Waals surface area contributed by atoms with Crippen LogP contribution in [-0.2, 0) is 9.84 Å². The average molecular weight is 300 g/mol. The Balaban J connectivity index is 2.15. The minimum atomic E-state index is -3.35. The number of aliphatic hydroxyl groups is 1. The van der Waals surface area contributed by atoms with Gasteiger partial charge in [-0.15, -0.1) is 11.3 Å². The van der Waals surface area contributed by atoms with Crippen molar-refractivity contribution < 1.29 is 18.6 Å². The van der Waals surface area contributed by atoms with E-state index in [-0.39, 0.29) is 15.9 Å². The summed E-state index contributed by atoms with van der Waals surface area (Å²) in [5, 5.41) is 23.5. The van der Waals surface area contributed by atoms with E-state index in [9.17, 15) is 18.6 Å². The lowest BCUT2D eigenvalue weighted by Crippen LogP contribution is -2.09. The maximum atomic E-state index is 11.3. The van der Waals surface area contributed by atoms with Crippen LogP contribution >= 0.6 is 11.3 Å². The molecule has 0 aliphatic heterocycles. The average Bonchev–Trinajstić information content (AvgIpc) is 2.77. The molecule has 0 aliphatic rings. The van der Waals surface area contributed by atoms with Gasteiger partial charge in [0, 0.05) is 17.2 Å². The Labute approximate surface area is 114 Å². The van der Waals surface area contributed by atoms with E-state index >= 15 is 0 Å². The molecule has 1 aromatic carbocycles. The first kappa shape index (κ1) is 13.8. The number of rotatable bonds is 4. The maximum Gasteiger partial charge on any atom is 0.193 e. The summed E-state index contributed by atoms with van der Waals surface area (Å²) >= 11 is 1.08. The molecule has 102 valence electrons. The van der Waals surface area contributed by atoms with Crippen molar-refractivity contribution in [1.82, 2.24) is 4.98 Å². The second-order valence-electron chi connectivity index (χ2n) is 3.90. The number of benzene rings is 1. The molecule has 0 fully saturated rings. The van der Waals surface area contributed by atoms with Crippen molar-refractivity contribution in [3.63, 3.8) is 0 Å². The van der Waals surface area contributed by atoms with Crippen LogP contribution in [0.3, 0.4) is 0 Å². The molecule has 0 saturated heterocycles. The molecule has 0 amide bonds. The monoisotopic (exact) mass is 300 g/mol. The lowest BCUT2D eigenvalue weighted by atomic mass is 10.2. The van der Waals surface area contributed by atoms with Gasteiger partial charge in [-0.2, -0.15) is 0 Å². The molecule has 3 N–H and O–H groups in total. The van der Waals surface area contributed by atoms with E-state index in [1.54, 1.807) is 12.1 Å². The van der Waals surface area contributed by atoms with E-state index in [1.807, 2.05) is 0 Å². The molecule has 0 radical (unpaired) electrons. The van der Waals surface area contributed by atoms with E-state index in [1.165, 1.54) is 17.5 Å². The molecule has 1 heterocycles. The number of aliphatic hydroxyl groups excluding tert-OH is 1. The molecular formula is C11H12N2O4S2. The molecule has 0 saturated carbocycles. The molecule has 2 rings (SSSR count). The van der Waals surface area contributed by atoms with Gasteiger partial charge in [0.1, 0.15) is 5.75 Å². The Kier molecular flexibility index (Phi) is 3.74. The number of nitrogens with zero attached hydrogens (tertiary/aromatic N) is 1. The highest BCUT2D eigenvalue weighted by Crippen LogP contribution is 2.24. The molecule has 8 heteroatoms. The lowest BCUT2D eigenvalue weighted by Gasteiger charge is -2.12. The zero-order valence-corrected chi connectivity index (χ0v) is 11.6. The molecule has 1 aromatic heterocycles. The fourth-order valence-corrected chi connectivity index (χ4v) is 3.15. The molecule has 6 nitrogen and oxygen atoms in total. The standard InChI is InChI=1S/C11H12N2O4S2/c1-19(16,17)9-6-18-11(12-9)13-10(15)7-3-2-4-8(14)5-7/h2-6,10,14-15H,1H3,(H,12,13). The molecule has 1 unspecified atom stereocenters. The fraction of sp³-hybridized carbons (Fsp3) is 0.182. The Bertz CT molecular complexity index is 682. The van der Waals surface area contributed by atoms with E-state index < -0.39 is 16.1 Å². The van der Waals surface area contributed by atoms with Crippen molar-refractivity contribution >= 4 is 26.3 Å². The third kappa shape index (κ3) is 3.43. The van der Waals surface area contributed by atoms with Gasteiger partial charge in [-0.05, 0) is 12.1 Å². The number of anilines is 1. The summed E-state index contributed by atoms with van der Waals surface area (Å²) in [7, 11) is -3.35. The molecule has 2 aromatic rings. The van der Waals surface area contributed by atoms with Gasteiger partial charge in [0.2, 0.25) is 0 Å². The summed E-state index contributed by atoms with van der Waals surface area (Å²) in [6.07, 6.45) is -0.0111. The largest absolute Gasteiger partial charge is 0.508 e. The third-order valence-electron chi connectivity index (χ3n) is 2.31. The minimum absolute atomic E-state index is 0.0364. The summed E-state index contributed by atoms with van der Waals surface area (Å²) in [4.78, 5) is 3.87. The minimum Gasteiger partial charge on any atom is -0.508 e. The Morgan fingerprint density at radius 2 is 2.16 bits per heavy atom. The molecule has 0 bridgehead atoms. The van der Waals surface area contributed by atoms with Crippen LogP contribution in [-0.4, -0.2) is 29.9 Å². The number of phenolic OH excluding ortho intramolecular Hbond substituents is 1. The predicted molar refractivity (Wildman–Crippen MR) is 71.9 cm³/mol. The Morgan fingerprint density at radius 3 is 2.74 bits per heavy atom. The first-order chi connectivity index (χ1) is 8.86. The van der Waals surface area contributed by atoms with Gasteiger partial charge >= 0.3 is 0 Å². The SMILES string of the molecule is CS(=O)(=O)c1csc(NC(O)c2cccc(O)c2)n1. The van der Waals surface area contributed by atoms with Crippen LogP contribution in [0.5, 0.6) is 5.75 Å². The van der Waals surface area contributed by atoms with Gasteiger partial charge in [0.25, 0.3) is 0 Å². The van der Waals surface area contributed by atoms with Gasteiger partial charge in [-0.1, -0.05) is 12.1 Å². The number of thiazole rings is 1.